The van der Waals surface area contributed by atoms with Crippen LogP contribution in [0.15, 0.2) is 12.3 Å². The van der Waals surface area contributed by atoms with Crippen LogP contribution in [0, 0.1) is 0 Å². The van der Waals surface area contributed by atoms with Gasteiger partial charge in [-0.15, -0.1) is 0 Å². The van der Waals surface area contributed by atoms with Crippen LogP contribution in [0.2, 0.25) is 5.02 Å². The highest BCUT2D eigenvalue weighted by atomic mass is 35.5. The Morgan fingerprint density at radius 3 is 2.56 bits per heavy atom. The maximum absolute atomic E-state index is 12.3. The van der Waals surface area contributed by atoms with E-state index in [0.717, 1.165) is 0 Å². The van der Waals surface area contributed by atoms with Crippen molar-refractivity contribution in [2.45, 2.75) is 33.4 Å². The topological polar surface area (TPSA) is 62.5 Å². The second-order valence-electron chi connectivity index (χ2n) is 4.25. The summed E-state index contributed by atoms with van der Waals surface area (Å²) in [5.74, 6) is -1.35. The summed E-state index contributed by atoms with van der Waals surface area (Å²) in [4.78, 5) is 24.4. The Bertz CT molecular complexity index is 454. The summed E-state index contributed by atoms with van der Waals surface area (Å²) in [6.45, 7) is 5.74. The Morgan fingerprint density at radius 1 is 1.50 bits per heavy atom. The summed E-state index contributed by atoms with van der Waals surface area (Å²) >= 11 is 5.87. The highest BCUT2D eigenvalue weighted by molar-refractivity contribution is 6.31. The molecule has 0 radical (unpaired) electrons. The highest BCUT2D eigenvalue weighted by Crippen LogP contribution is 2.17. The lowest BCUT2D eigenvalue weighted by Crippen LogP contribution is -2.41. The predicted molar refractivity (Wildman–Crippen MR) is 68.9 cm³/mol. The third-order valence-corrected chi connectivity index (χ3v) is 2.82. The molecule has 5 nitrogen and oxygen atoms in total. The minimum Gasteiger partial charge on any atom is -0.480 e. The molecule has 0 saturated carbocycles. The minimum atomic E-state index is -1.03. The van der Waals surface area contributed by atoms with Crippen molar-refractivity contribution >= 4 is 23.5 Å². The van der Waals surface area contributed by atoms with E-state index in [1.807, 2.05) is 6.92 Å². The molecule has 1 aromatic heterocycles. The van der Waals surface area contributed by atoms with Gasteiger partial charge in [0.05, 0.1) is 5.02 Å². The number of carboxylic acids is 1. The molecule has 18 heavy (non-hydrogen) atoms. The molecule has 1 rings (SSSR count). The van der Waals surface area contributed by atoms with Crippen LogP contribution < -0.4 is 0 Å². The van der Waals surface area contributed by atoms with Crippen molar-refractivity contribution in [3.8, 4) is 0 Å². The van der Waals surface area contributed by atoms with Gasteiger partial charge < -0.3 is 14.6 Å². The Balaban J connectivity index is 3.05. The number of aliphatic carboxylic acids is 1. The molecular formula is C12H17ClN2O3. The van der Waals surface area contributed by atoms with E-state index >= 15 is 0 Å². The van der Waals surface area contributed by atoms with Gasteiger partial charge in [0.15, 0.2) is 0 Å². The van der Waals surface area contributed by atoms with E-state index in [0.29, 0.717) is 17.3 Å². The first kappa shape index (κ1) is 14.6. The Hall–Kier alpha value is -1.49. The van der Waals surface area contributed by atoms with Crippen LogP contribution in [-0.4, -0.2) is 39.0 Å². The van der Waals surface area contributed by atoms with E-state index < -0.39 is 5.97 Å². The van der Waals surface area contributed by atoms with Crippen molar-refractivity contribution in [2.24, 2.45) is 0 Å². The van der Waals surface area contributed by atoms with Crippen LogP contribution in [0.25, 0.3) is 0 Å². The normalized spacial score (nSPS) is 10.7. The van der Waals surface area contributed by atoms with E-state index in [1.54, 1.807) is 30.7 Å². The van der Waals surface area contributed by atoms with Crippen LogP contribution in [0.1, 0.15) is 31.3 Å². The van der Waals surface area contributed by atoms with Crippen molar-refractivity contribution in [3.63, 3.8) is 0 Å². The van der Waals surface area contributed by atoms with Gasteiger partial charge in [0.25, 0.3) is 5.91 Å². The molecule has 1 heterocycles. The number of rotatable bonds is 5. The van der Waals surface area contributed by atoms with Crippen LogP contribution in [0.4, 0.5) is 0 Å². The molecule has 0 bridgehead atoms. The number of aromatic nitrogens is 1. The van der Waals surface area contributed by atoms with E-state index in [4.69, 9.17) is 16.7 Å². The van der Waals surface area contributed by atoms with Crippen molar-refractivity contribution in [1.29, 1.82) is 0 Å². The van der Waals surface area contributed by atoms with Gasteiger partial charge in [-0.1, -0.05) is 11.6 Å². The molecule has 0 unspecified atom stereocenters. The fourth-order valence-electron chi connectivity index (χ4n) is 1.70. The van der Waals surface area contributed by atoms with Crippen LogP contribution >= 0.6 is 11.6 Å². The summed E-state index contributed by atoms with van der Waals surface area (Å²) in [5.41, 5.74) is 0.414. The van der Waals surface area contributed by atoms with Crippen LogP contribution in [0.5, 0.6) is 0 Å². The Labute approximate surface area is 111 Å². The van der Waals surface area contributed by atoms with E-state index in [1.165, 1.54) is 4.90 Å². The highest BCUT2D eigenvalue weighted by Gasteiger charge is 2.24. The molecule has 6 heteroatoms. The fraction of sp³-hybridized carbons (Fsp3) is 0.500. The summed E-state index contributed by atoms with van der Waals surface area (Å²) in [6.07, 6.45) is 1.66. The number of halogens is 1. The monoisotopic (exact) mass is 272 g/mol. The molecule has 0 atom stereocenters. The maximum Gasteiger partial charge on any atom is 0.323 e. The van der Waals surface area contributed by atoms with Crippen molar-refractivity contribution < 1.29 is 14.7 Å². The molecule has 0 spiro atoms. The third kappa shape index (κ3) is 3.26. The average Bonchev–Trinajstić information content (AvgIpc) is 2.65. The van der Waals surface area contributed by atoms with E-state index in [9.17, 15) is 9.59 Å². The predicted octanol–water partition coefficient (Wildman–Crippen LogP) is 2.10. The van der Waals surface area contributed by atoms with Crippen LogP contribution in [-0.2, 0) is 11.3 Å². The van der Waals surface area contributed by atoms with Gasteiger partial charge in [-0.05, 0) is 26.8 Å². The zero-order valence-electron chi connectivity index (χ0n) is 10.7. The molecule has 100 valence electrons. The summed E-state index contributed by atoms with van der Waals surface area (Å²) in [5, 5.41) is 9.31. The summed E-state index contributed by atoms with van der Waals surface area (Å²) in [6, 6.07) is 1.37. The number of carbonyl (C=O) groups excluding carboxylic acids is 1. The average molecular weight is 273 g/mol. The van der Waals surface area contributed by atoms with Gasteiger partial charge in [0.2, 0.25) is 0 Å². The first-order chi connectivity index (χ1) is 8.36. The summed E-state index contributed by atoms with van der Waals surface area (Å²) in [7, 11) is 0. The standard InChI is InChI=1S/C12H17ClN2O3/c1-4-14-6-9(13)5-10(14)12(18)15(8(2)3)7-11(16)17/h5-6,8H,4,7H2,1-3H3,(H,16,17). The number of carboxylic acid groups (broad SMARTS) is 1. The molecule has 0 saturated heterocycles. The van der Waals surface area contributed by atoms with Crippen molar-refractivity contribution in [3.05, 3.63) is 23.0 Å². The van der Waals surface area contributed by atoms with Gasteiger partial charge in [-0.2, -0.15) is 0 Å². The van der Waals surface area contributed by atoms with Crippen LogP contribution in [0.3, 0.4) is 0 Å². The number of hydrogen-bond acceptors (Lipinski definition) is 2. The first-order valence-corrected chi connectivity index (χ1v) is 6.13. The first-order valence-electron chi connectivity index (χ1n) is 5.75. The molecule has 0 aliphatic carbocycles. The second kappa shape index (κ2) is 5.91. The molecule has 0 aliphatic rings. The quantitative estimate of drug-likeness (QED) is 0.893. The van der Waals surface area contributed by atoms with E-state index in [-0.39, 0.29) is 18.5 Å². The zero-order valence-corrected chi connectivity index (χ0v) is 11.4. The second-order valence-corrected chi connectivity index (χ2v) is 4.69. The van der Waals surface area contributed by atoms with Gasteiger partial charge >= 0.3 is 5.97 Å². The molecule has 1 N–H and O–H groups in total. The largest absolute Gasteiger partial charge is 0.480 e. The lowest BCUT2D eigenvalue weighted by Gasteiger charge is -2.25. The van der Waals surface area contributed by atoms with Gasteiger partial charge in [-0.25, -0.2) is 0 Å². The van der Waals surface area contributed by atoms with Gasteiger partial charge in [-0.3, -0.25) is 9.59 Å². The Kier molecular flexibility index (Phi) is 4.78. The summed E-state index contributed by atoms with van der Waals surface area (Å²) < 4.78 is 1.71. The molecule has 0 fully saturated rings. The fourth-order valence-corrected chi connectivity index (χ4v) is 1.92. The van der Waals surface area contributed by atoms with Gasteiger partial charge in [0.1, 0.15) is 12.2 Å². The lowest BCUT2D eigenvalue weighted by molar-refractivity contribution is -0.138. The number of nitrogens with zero attached hydrogens (tertiary/aromatic N) is 2. The maximum atomic E-state index is 12.3. The molecule has 0 aliphatic heterocycles. The van der Waals surface area contributed by atoms with Crippen molar-refractivity contribution in [1.82, 2.24) is 9.47 Å². The Morgan fingerprint density at radius 2 is 2.11 bits per heavy atom. The number of amides is 1. The SMILES string of the molecule is CCn1cc(Cl)cc1C(=O)N(CC(=O)O)C(C)C. The smallest absolute Gasteiger partial charge is 0.323 e. The molecular weight excluding hydrogens is 256 g/mol. The molecule has 1 amide bonds. The number of hydrogen-bond donors (Lipinski definition) is 1. The lowest BCUT2D eigenvalue weighted by atomic mass is 10.2. The number of carbonyl (C=O) groups is 2. The zero-order chi connectivity index (χ0) is 13.9. The van der Waals surface area contributed by atoms with Gasteiger partial charge in [0, 0.05) is 18.8 Å². The van der Waals surface area contributed by atoms with Crippen molar-refractivity contribution in [2.75, 3.05) is 6.54 Å². The molecule has 1 aromatic rings. The third-order valence-electron chi connectivity index (χ3n) is 2.61. The van der Waals surface area contributed by atoms with E-state index in [2.05, 4.69) is 0 Å². The molecule has 0 aromatic carbocycles. The minimum absolute atomic E-state index is 0.187. The number of aryl methyl sites for hydroxylation is 1.